The van der Waals surface area contributed by atoms with E-state index in [-0.39, 0.29) is 28.8 Å². The zero-order chi connectivity index (χ0) is 30.2. The van der Waals surface area contributed by atoms with E-state index in [2.05, 4.69) is 5.32 Å². The summed E-state index contributed by atoms with van der Waals surface area (Å²) in [6.45, 7) is 5.31. The van der Waals surface area contributed by atoms with Gasteiger partial charge in [-0.2, -0.15) is 0 Å². The first-order chi connectivity index (χ1) is 19.5. The number of likely N-dealkylation sites (N-methyl/N-ethyl adjacent to an activating group) is 1. The minimum atomic E-state index is -4.37. The fourth-order valence-corrected chi connectivity index (χ4v) is 5.89. The predicted octanol–water partition coefficient (Wildman–Crippen LogP) is 4.29. The number of halogens is 1. The molecular weight excluding hydrogens is 549 g/mol. The average Bonchev–Trinajstić information content (AvgIpc) is 2.96. The second kappa shape index (κ2) is 14.0. The van der Waals surface area contributed by atoms with Crippen LogP contribution in [0.1, 0.15) is 31.4 Å². The summed E-state index contributed by atoms with van der Waals surface area (Å²) in [6.07, 6.45) is 0.308. The molecule has 220 valence electrons. The van der Waals surface area contributed by atoms with Crippen molar-refractivity contribution in [3.8, 4) is 11.5 Å². The normalized spacial score (nSPS) is 11.9. The fourth-order valence-electron chi connectivity index (χ4n) is 4.46. The molecule has 1 N–H and O–H groups in total. The van der Waals surface area contributed by atoms with E-state index in [1.807, 2.05) is 31.2 Å². The van der Waals surface area contributed by atoms with Crippen LogP contribution in [0.4, 0.5) is 10.1 Å². The molecule has 3 rings (SSSR count). The minimum absolute atomic E-state index is 0.0797. The number of aryl methyl sites for hydroxylation is 1. The molecule has 0 aliphatic rings. The van der Waals surface area contributed by atoms with Crippen LogP contribution in [-0.4, -0.2) is 58.5 Å². The number of nitrogens with one attached hydrogen (secondary N) is 1. The largest absolute Gasteiger partial charge is 0.493 e. The second-order valence-corrected chi connectivity index (χ2v) is 11.2. The number of hydrogen-bond donors (Lipinski definition) is 1. The topological polar surface area (TPSA) is 105 Å². The molecule has 0 radical (unpaired) electrons. The van der Waals surface area contributed by atoms with E-state index in [1.165, 1.54) is 49.5 Å². The zero-order valence-electron chi connectivity index (χ0n) is 23.9. The van der Waals surface area contributed by atoms with Crippen molar-refractivity contribution in [2.75, 3.05) is 31.6 Å². The fraction of sp³-hybridized carbons (Fsp3) is 0.333. The van der Waals surface area contributed by atoms with Gasteiger partial charge in [0.25, 0.3) is 10.0 Å². The van der Waals surface area contributed by atoms with Crippen molar-refractivity contribution >= 4 is 27.5 Å². The summed E-state index contributed by atoms with van der Waals surface area (Å²) in [5.41, 5.74) is 1.85. The van der Waals surface area contributed by atoms with Gasteiger partial charge >= 0.3 is 0 Å². The minimum Gasteiger partial charge on any atom is -0.493 e. The molecule has 0 aromatic heterocycles. The van der Waals surface area contributed by atoms with Gasteiger partial charge in [-0.1, -0.05) is 36.8 Å². The van der Waals surface area contributed by atoms with E-state index in [0.29, 0.717) is 18.7 Å². The van der Waals surface area contributed by atoms with Crippen LogP contribution < -0.4 is 19.1 Å². The predicted molar refractivity (Wildman–Crippen MR) is 155 cm³/mol. The van der Waals surface area contributed by atoms with Gasteiger partial charge in [-0.15, -0.1) is 0 Å². The highest BCUT2D eigenvalue weighted by molar-refractivity contribution is 7.92. The van der Waals surface area contributed by atoms with Crippen LogP contribution in [0.3, 0.4) is 0 Å². The van der Waals surface area contributed by atoms with Crippen LogP contribution in [0, 0.1) is 12.7 Å². The Kier molecular flexibility index (Phi) is 10.7. The van der Waals surface area contributed by atoms with E-state index in [9.17, 15) is 22.4 Å². The third kappa shape index (κ3) is 7.55. The van der Waals surface area contributed by atoms with Gasteiger partial charge in [0.2, 0.25) is 11.8 Å². The van der Waals surface area contributed by atoms with E-state index >= 15 is 0 Å². The summed E-state index contributed by atoms with van der Waals surface area (Å²) >= 11 is 0. The van der Waals surface area contributed by atoms with E-state index in [0.717, 1.165) is 27.6 Å². The summed E-state index contributed by atoms with van der Waals surface area (Å²) < 4.78 is 53.3. The lowest BCUT2D eigenvalue weighted by Crippen LogP contribution is -2.52. The van der Waals surface area contributed by atoms with Crippen molar-refractivity contribution in [3.05, 3.63) is 83.7 Å². The van der Waals surface area contributed by atoms with Gasteiger partial charge in [-0.05, 0) is 62.2 Å². The Hall–Kier alpha value is -4.12. The second-order valence-electron chi connectivity index (χ2n) is 9.33. The van der Waals surface area contributed by atoms with Crippen LogP contribution in [-0.2, 0) is 26.2 Å². The van der Waals surface area contributed by atoms with Gasteiger partial charge in [0, 0.05) is 19.2 Å². The molecule has 0 saturated heterocycles. The third-order valence-electron chi connectivity index (χ3n) is 6.51. The molecule has 0 spiro atoms. The molecular formula is C30H36FN3O6S. The molecule has 11 heteroatoms. The lowest BCUT2D eigenvalue weighted by atomic mass is 10.1. The Morgan fingerprint density at radius 3 is 2.22 bits per heavy atom. The van der Waals surface area contributed by atoms with Gasteiger partial charge in [-0.25, -0.2) is 12.8 Å². The van der Waals surface area contributed by atoms with Crippen molar-refractivity contribution in [1.82, 2.24) is 10.2 Å². The lowest BCUT2D eigenvalue weighted by Gasteiger charge is -2.33. The van der Waals surface area contributed by atoms with Gasteiger partial charge in [0.15, 0.2) is 11.5 Å². The Morgan fingerprint density at radius 2 is 1.63 bits per heavy atom. The number of carbonyl (C=O) groups excluding carboxylic acids is 2. The quantitative estimate of drug-likeness (QED) is 0.321. The summed E-state index contributed by atoms with van der Waals surface area (Å²) in [5.74, 6) is -0.993. The maximum atomic E-state index is 14.0. The highest BCUT2D eigenvalue weighted by Crippen LogP contribution is 2.32. The van der Waals surface area contributed by atoms with Gasteiger partial charge < -0.3 is 19.7 Å². The summed E-state index contributed by atoms with van der Waals surface area (Å²) in [5, 5.41) is 2.77. The Balaban J connectivity index is 2.09. The molecule has 1 atom stereocenters. The summed E-state index contributed by atoms with van der Waals surface area (Å²) in [6, 6.07) is 15.6. The molecule has 2 amide bonds. The van der Waals surface area contributed by atoms with Crippen LogP contribution >= 0.6 is 0 Å². The molecule has 0 heterocycles. The molecule has 0 saturated carbocycles. The number of hydrogen-bond acceptors (Lipinski definition) is 6. The number of carbonyl (C=O) groups is 2. The van der Waals surface area contributed by atoms with Crippen LogP contribution in [0.15, 0.2) is 71.6 Å². The monoisotopic (exact) mass is 585 g/mol. The van der Waals surface area contributed by atoms with Crippen molar-refractivity contribution in [2.45, 2.75) is 44.7 Å². The zero-order valence-corrected chi connectivity index (χ0v) is 24.7. The van der Waals surface area contributed by atoms with Crippen molar-refractivity contribution in [1.29, 1.82) is 0 Å². The SMILES string of the molecule is CCNC(=O)C(CC)N(Cc1cccc(C)c1)C(=O)CN(c1ccc(F)cc1)S(=O)(=O)c1ccc(OC)c(OC)c1. The Labute approximate surface area is 240 Å². The Morgan fingerprint density at radius 1 is 0.951 bits per heavy atom. The van der Waals surface area contributed by atoms with Gasteiger partial charge in [-0.3, -0.25) is 13.9 Å². The van der Waals surface area contributed by atoms with Crippen LogP contribution in [0.2, 0.25) is 0 Å². The standard InChI is InChI=1S/C30H36FN3O6S/c1-6-26(30(36)32-7-2)33(19-22-10-8-9-21(3)17-22)29(35)20-34(24-13-11-23(31)12-14-24)41(37,38)25-15-16-27(39-4)28(18-25)40-5/h8-18,26H,6-7,19-20H2,1-5H3,(H,32,36). The van der Waals surface area contributed by atoms with E-state index < -0.39 is 34.3 Å². The number of ether oxygens (including phenoxy) is 2. The van der Waals surface area contributed by atoms with Crippen LogP contribution in [0.5, 0.6) is 11.5 Å². The first kappa shape index (κ1) is 31.4. The molecule has 0 aliphatic heterocycles. The number of benzene rings is 3. The molecule has 1 unspecified atom stereocenters. The van der Waals surface area contributed by atoms with Crippen LogP contribution in [0.25, 0.3) is 0 Å². The first-order valence-corrected chi connectivity index (χ1v) is 14.6. The van der Waals surface area contributed by atoms with E-state index in [4.69, 9.17) is 9.47 Å². The molecule has 0 bridgehead atoms. The van der Waals surface area contributed by atoms with Crippen molar-refractivity contribution in [3.63, 3.8) is 0 Å². The average molecular weight is 586 g/mol. The van der Waals surface area contributed by atoms with Crippen molar-refractivity contribution in [2.24, 2.45) is 0 Å². The molecule has 0 aliphatic carbocycles. The molecule has 3 aromatic rings. The smallest absolute Gasteiger partial charge is 0.264 e. The molecule has 41 heavy (non-hydrogen) atoms. The number of nitrogens with zero attached hydrogens (tertiary/aromatic N) is 2. The number of sulfonamides is 1. The summed E-state index contributed by atoms with van der Waals surface area (Å²) in [7, 11) is -1.56. The van der Waals surface area contributed by atoms with E-state index in [1.54, 1.807) is 13.8 Å². The van der Waals surface area contributed by atoms with Gasteiger partial charge in [0.1, 0.15) is 18.4 Å². The maximum Gasteiger partial charge on any atom is 0.264 e. The Bertz CT molecular complexity index is 1460. The highest BCUT2D eigenvalue weighted by atomic mass is 32.2. The van der Waals surface area contributed by atoms with Crippen molar-refractivity contribution < 1.29 is 31.9 Å². The number of anilines is 1. The lowest BCUT2D eigenvalue weighted by molar-refractivity contribution is -0.140. The maximum absolute atomic E-state index is 14.0. The molecule has 0 fully saturated rings. The molecule has 9 nitrogen and oxygen atoms in total. The van der Waals surface area contributed by atoms with Gasteiger partial charge in [0.05, 0.1) is 24.8 Å². The number of rotatable bonds is 13. The summed E-state index contributed by atoms with van der Waals surface area (Å²) in [4.78, 5) is 28.3. The number of methoxy groups -OCH3 is 2. The number of amides is 2. The highest BCUT2D eigenvalue weighted by Gasteiger charge is 2.34. The third-order valence-corrected chi connectivity index (χ3v) is 8.28. The molecule has 3 aromatic carbocycles. The first-order valence-electron chi connectivity index (χ1n) is 13.2.